The minimum atomic E-state index is -0.768. The monoisotopic (exact) mass is 260 g/mol. The fraction of sp³-hybridized carbons (Fsp3) is 0.750. The standard InChI is InChI=1S/C12H20O6/c1-5-6-11(17-9(3)14)12(18-10(4)15)7-16-8(2)13/h11-12H,5-7H2,1-4H3. The predicted octanol–water partition coefficient (Wildman–Crippen LogP) is 1.21. The van der Waals surface area contributed by atoms with Crippen LogP contribution in [-0.4, -0.2) is 36.7 Å². The zero-order chi connectivity index (χ0) is 14.1. The smallest absolute Gasteiger partial charge is 0.303 e. The first-order chi connectivity index (χ1) is 8.36. The molecule has 0 bridgehead atoms. The summed E-state index contributed by atoms with van der Waals surface area (Å²) in [6, 6.07) is 0. The Morgan fingerprint density at radius 1 is 0.889 bits per heavy atom. The van der Waals surface area contributed by atoms with E-state index in [0.717, 1.165) is 6.42 Å². The fourth-order valence-electron chi connectivity index (χ4n) is 1.45. The topological polar surface area (TPSA) is 78.9 Å². The van der Waals surface area contributed by atoms with Crippen molar-refractivity contribution in [2.75, 3.05) is 6.61 Å². The van der Waals surface area contributed by atoms with Crippen LogP contribution in [0, 0.1) is 0 Å². The van der Waals surface area contributed by atoms with Crippen LogP contribution in [0.25, 0.3) is 0 Å². The summed E-state index contributed by atoms with van der Waals surface area (Å²) < 4.78 is 14.9. The van der Waals surface area contributed by atoms with Crippen LogP contribution in [0.3, 0.4) is 0 Å². The molecule has 0 aliphatic heterocycles. The molecule has 18 heavy (non-hydrogen) atoms. The molecule has 0 heterocycles. The van der Waals surface area contributed by atoms with E-state index in [2.05, 4.69) is 0 Å². The Kier molecular flexibility index (Phi) is 7.74. The molecule has 0 radical (unpaired) electrons. The van der Waals surface area contributed by atoms with Gasteiger partial charge in [0.1, 0.15) is 12.7 Å². The normalized spacial score (nSPS) is 13.3. The lowest BCUT2D eigenvalue weighted by Gasteiger charge is -2.25. The first kappa shape index (κ1) is 16.4. The Balaban J connectivity index is 4.66. The van der Waals surface area contributed by atoms with Gasteiger partial charge in [0.05, 0.1) is 0 Å². The minimum Gasteiger partial charge on any atom is -0.462 e. The second-order valence-electron chi connectivity index (χ2n) is 3.89. The van der Waals surface area contributed by atoms with E-state index in [0.29, 0.717) is 6.42 Å². The SMILES string of the molecule is CCCC(OC(C)=O)C(COC(C)=O)OC(C)=O. The molecule has 6 heteroatoms. The molecule has 0 amide bonds. The first-order valence-electron chi connectivity index (χ1n) is 5.84. The van der Waals surface area contributed by atoms with Crippen molar-refractivity contribution in [2.45, 2.75) is 52.7 Å². The first-order valence-corrected chi connectivity index (χ1v) is 5.84. The van der Waals surface area contributed by atoms with Gasteiger partial charge in [0.2, 0.25) is 0 Å². The Hall–Kier alpha value is -1.59. The van der Waals surface area contributed by atoms with E-state index in [9.17, 15) is 14.4 Å². The highest BCUT2D eigenvalue weighted by atomic mass is 16.6. The Morgan fingerprint density at radius 2 is 1.39 bits per heavy atom. The van der Waals surface area contributed by atoms with E-state index in [1.54, 1.807) is 0 Å². The number of carbonyl (C=O) groups excluding carboxylic acids is 3. The van der Waals surface area contributed by atoms with Gasteiger partial charge >= 0.3 is 17.9 Å². The second-order valence-corrected chi connectivity index (χ2v) is 3.89. The highest BCUT2D eigenvalue weighted by Gasteiger charge is 2.27. The maximum atomic E-state index is 11.0. The molecule has 0 aliphatic carbocycles. The van der Waals surface area contributed by atoms with Gasteiger partial charge in [0, 0.05) is 20.8 Å². The summed E-state index contributed by atoms with van der Waals surface area (Å²) in [5.41, 5.74) is 0. The molecule has 2 unspecified atom stereocenters. The summed E-state index contributed by atoms with van der Waals surface area (Å²) in [7, 11) is 0. The lowest BCUT2D eigenvalue weighted by Crippen LogP contribution is -2.38. The number of carbonyl (C=O) groups is 3. The average Bonchev–Trinajstić information content (AvgIpc) is 2.22. The van der Waals surface area contributed by atoms with E-state index in [4.69, 9.17) is 14.2 Å². The Morgan fingerprint density at radius 3 is 1.78 bits per heavy atom. The van der Waals surface area contributed by atoms with Gasteiger partial charge in [-0.3, -0.25) is 14.4 Å². The molecule has 0 aromatic carbocycles. The number of rotatable bonds is 7. The van der Waals surface area contributed by atoms with Crippen LogP contribution >= 0.6 is 0 Å². The summed E-state index contributed by atoms with van der Waals surface area (Å²) >= 11 is 0. The van der Waals surface area contributed by atoms with Crippen LogP contribution in [0.1, 0.15) is 40.5 Å². The molecule has 104 valence electrons. The molecule has 0 fully saturated rings. The van der Waals surface area contributed by atoms with E-state index in [1.807, 2.05) is 6.92 Å². The van der Waals surface area contributed by atoms with Crippen LogP contribution in [-0.2, 0) is 28.6 Å². The number of ether oxygens (including phenoxy) is 3. The van der Waals surface area contributed by atoms with Crippen molar-refractivity contribution in [1.29, 1.82) is 0 Å². The Labute approximate surface area is 107 Å². The molecule has 0 aromatic rings. The van der Waals surface area contributed by atoms with E-state index < -0.39 is 30.1 Å². The van der Waals surface area contributed by atoms with Gasteiger partial charge in [-0.05, 0) is 6.42 Å². The molecule has 0 saturated heterocycles. The van der Waals surface area contributed by atoms with Gasteiger partial charge in [0.15, 0.2) is 6.10 Å². The van der Waals surface area contributed by atoms with Crippen molar-refractivity contribution >= 4 is 17.9 Å². The van der Waals surface area contributed by atoms with Crippen molar-refractivity contribution in [3.8, 4) is 0 Å². The largest absolute Gasteiger partial charge is 0.462 e. The van der Waals surface area contributed by atoms with Crippen molar-refractivity contribution < 1.29 is 28.6 Å². The minimum absolute atomic E-state index is 0.118. The van der Waals surface area contributed by atoms with Gasteiger partial charge in [-0.15, -0.1) is 0 Å². The molecular weight excluding hydrogens is 240 g/mol. The molecule has 0 aromatic heterocycles. The molecule has 0 rings (SSSR count). The van der Waals surface area contributed by atoms with Crippen LogP contribution < -0.4 is 0 Å². The van der Waals surface area contributed by atoms with Crippen molar-refractivity contribution in [1.82, 2.24) is 0 Å². The lowest BCUT2D eigenvalue weighted by atomic mass is 10.1. The molecule has 0 spiro atoms. The molecule has 0 N–H and O–H groups in total. The van der Waals surface area contributed by atoms with Crippen LogP contribution in [0.2, 0.25) is 0 Å². The summed E-state index contributed by atoms with van der Waals surface area (Å²) in [6.07, 6.45) is -0.0970. The van der Waals surface area contributed by atoms with E-state index in [1.165, 1.54) is 20.8 Å². The molecule has 6 nitrogen and oxygen atoms in total. The summed E-state index contributed by atoms with van der Waals surface area (Å²) in [6.45, 7) is 5.57. The molecule has 0 aliphatic rings. The summed E-state index contributed by atoms with van der Waals surface area (Å²) in [5.74, 6) is -1.46. The Bertz CT molecular complexity index is 299. The van der Waals surface area contributed by atoms with Crippen molar-refractivity contribution in [3.63, 3.8) is 0 Å². The van der Waals surface area contributed by atoms with Gasteiger partial charge in [-0.25, -0.2) is 0 Å². The maximum Gasteiger partial charge on any atom is 0.303 e. The average molecular weight is 260 g/mol. The van der Waals surface area contributed by atoms with E-state index >= 15 is 0 Å². The van der Waals surface area contributed by atoms with Gasteiger partial charge in [-0.2, -0.15) is 0 Å². The molecule has 0 saturated carbocycles. The summed E-state index contributed by atoms with van der Waals surface area (Å²) in [4.78, 5) is 32.7. The highest BCUT2D eigenvalue weighted by Crippen LogP contribution is 2.12. The van der Waals surface area contributed by atoms with Crippen LogP contribution in [0.5, 0.6) is 0 Å². The molecular formula is C12H20O6. The lowest BCUT2D eigenvalue weighted by molar-refractivity contribution is -0.173. The van der Waals surface area contributed by atoms with Gasteiger partial charge in [0.25, 0.3) is 0 Å². The zero-order valence-corrected chi connectivity index (χ0v) is 11.2. The third-order valence-electron chi connectivity index (χ3n) is 2.07. The molecule has 2 atom stereocenters. The van der Waals surface area contributed by atoms with E-state index in [-0.39, 0.29) is 6.61 Å². The second kappa shape index (κ2) is 8.49. The quantitative estimate of drug-likeness (QED) is 0.505. The summed E-state index contributed by atoms with van der Waals surface area (Å²) in [5, 5.41) is 0. The number of hydrogen-bond acceptors (Lipinski definition) is 6. The zero-order valence-electron chi connectivity index (χ0n) is 11.2. The number of hydrogen-bond donors (Lipinski definition) is 0. The van der Waals surface area contributed by atoms with Gasteiger partial charge < -0.3 is 14.2 Å². The fourth-order valence-corrected chi connectivity index (χ4v) is 1.45. The van der Waals surface area contributed by atoms with Crippen LogP contribution in [0.15, 0.2) is 0 Å². The maximum absolute atomic E-state index is 11.0. The van der Waals surface area contributed by atoms with Crippen molar-refractivity contribution in [2.24, 2.45) is 0 Å². The number of esters is 3. The van der Waals surface area contributed by atoms with Gasteiger partial charge in [-0.1, -0.05) is 13.3 Å². The van der Waals surface area contributed by atoms with Crippen molar-refractivity contribution in [3.05, 3.63) is 0 Å². The van der Waals surface area contributed by atoms with Crippen LogP contribution in [0.4, 0.5) is 0 Å². The third kappa shape index (κ3) is 7.65. The highest BCUT2D eigenvalue weighted by molar-refractivity contribution is 5.68. The third-order valence-corrected chi connectivity index (χ3v) is 2.07. The predicted molar refractivity (Wildman–Crippen MR) is 62.6 cm³/mol.